The van der Waals surface area contributed by atoms with Crippen LogP contribution in [0.25, 0.3) is 0 Å². The van der Waals surface area contributed by atoms with Gasteiger partial charge in [-0.05, 0) is 18.2 Å². The average molecular weight is 409 g/mol. The van der Waals surface area contributed by atoms with Crippen LogP contribution in [0.2, 0.25) is 25.1 Å². The van der Waals surface area contributed by atoms with Gasteiger partial charge >= 0.3 is 0 Å². The zero-order valence-electron chi connectivity index (χ0n) is 11.1. The number of nitrogens with one attached hydrogen (secondary N) is 1. The van der Waals surface area contributed by atoms with Gasteiger partial charge in [-0.1, -0.05) is 58.0 Å². The molecule has 2 aromatic rings. The third-order valence-electron chi connectivity index (χ3n) is 3.19. The molecule has 0 bridgehead atoms. The lowest BCUT2D eigenvalue weighted by Crippen LogP contribution is -2.21. The fraction of sp³-hybridized carbons (Fsp3) is 0. The Bertz CT molecular complexity index is 895. The zero-order chi connectivity index (χ0) is 16.9. The standard InChI is InChI=1S/C14H6Cl5N3O/c15-5-3-4(1-2-6(5)20)21-13-7-8(14(23)22-13)10(17)12(19)11(18)9(7)16/h1-3H,20H2,(H,21,22,23). The summed E-state index contributed by atoms with van der Waals surface area (Å²) in [5.74, 6) is -0.262. The number of hydrogen-bond acceptors (Lipinski definition) is 3. The molecule has 1 aliphatic rings. The van der Waals surface area contributed by atoms with E-state index in [9.17, 15) is 4.79 Å². The molecule has 0 saturated heterocycles. The molecule has 9 heteroatoms. The summed E-state index contributed by atoms with van der Waals surface area (Å²) in [5, 5.41) is 3.12. The van der Waals surface area contributed by atoms with Gasteiger partial charge in [-0.2, -0.15) is 0 Å². The summed E-state index contributed by atoms with van der Waals surface area (Å²) in [6, 6.07) is 4.80. The van der Waals surface area contributed by atoms with E-state index in [2.05, 4.69) is 10.3 Å². The molecular weight excluding hydrogens is 403 g/mol. The molecule has 0 radical (unpaired) electrons. The maximum atomic E-state index is 12.1. The molecule has 0 atom stereocenters. The van der Waals surface area contributed by atoms with Crippen LogP contribution in [0.3, 0.4) is 0 Å². The molecule has 3 rings (SSSR count). The Labute approximate surface area is 156 Å². The van der Waals surface area contributed by atoms with Gasteiger partial charge in [0, 0.05) is 0 Å². The van der Waals surface area contributed by atoms with Crippen LogP contribution in [0.5, 0.6) is 0 Å². The highest BCUT2D eigenvalue weighted by atomic mass is 35.5. The van der Waals surface area contributed by atoms with Gasteiger partial charge in [-0.3, -0.25) is 4.79 Å². The van der Waals surface area contributed by atoms with E-state index in [-0.39, 0.29) is 31.5 Å². The monoisotopic (exact) mass is 407 g/mol. The highest BCUT2D eigenvalue weighted by molar-refractivity contribution is 6.55. The molecule has 0 fully saturated rings. The van der Waals surface area contributed by atoms with Crippen LogP contribution in [0.15, 0.2) is 23.2 Å². The topological polar surface area (TPSA) is 67.5 Å². The van der Waals surface area contributed by atoms with E-state index >= 15 is 0 Å². The van der Waals surface area contributed by atoms with E-state index in [0.29, 0.717) is 22.0 Å². The van der Waals surface area contributed by atoms with Crippen LogP contribution in [-0.4, -0.2) is 11.7 Å². The number of rotatable bonds is 1. The Balaban J connectivity index is 2.22. The number of fused-ring (bicyclic) bond motifs is 1. The Morgan fingerprint density at radius 2 is 1.52 bits per heavy atom. The fourth-order valence-corrected chi connectivity index (χ4v) is 3.30. The van der Waals surface area contributed by atoms with E-state index < -0.39 is 5.91 Å². The molecule has 0 unspecified atom stereocenters. The van der Waals surface area contributed by atoms with E-state index in [0.717, 1.165) is 0 Å². The highest BCUT2D eigenvalue weighted by Gasteiger charge is 2.34. The van der Waals surface area contributed by atoms with E-state index in [1.54, 1.807) is 18.2 Å². The molecule has 1 aliphatic heterocycles. The van der Waals surface area contributed by atoms with Crippen molar-refractivity contribution >= 4 is 81.1 Å². The van der Waals surface area contributed by atoms with Crippen LogP contribution < -0.4 is 11.1 Å². The number of carbonyl (C=O) groups excluding carboxylic acids is 1. The van der Waals surface area contributed by atoms with Gasteiger partial charge < -0.3 is 11.1 Å². The van der Waals surface area contributed by atoms with Gasteiger partial charge in [-0.15, -0.1) is 0 Å². The molecule has 2 aromatic carbocycles. The number of nitrogens with two attached hydrogens (primary N) is 1. The number of amides is 1. The summed E-state index contributed by atoms with van der Waals surface area (Å²) in [4.78, 5) is 16.5. The van der Waals surface area contributed by atoms with E-state index in [1.807, 2.05) is 0 Å². The molecule has 0 aromatic heterocycles. The number of nitrogens with zero attached hydrogens (tertiary/aromatic N) is 1. The quantitative estimate of drug-likeness (QED) is 0.378. The summed E-state index contributed by atoms with van der Waals surface area (Å²) < 4.78 is 0. The van der Waals surface area contributed by atoms with Gasteiger partial charge in [0.25, 0.3) is 5.91 Å². The Morgan fingerprint density at radius 1 is 0.913 bits per heavy atom. The normalized spacial score (nSPS) is 15.0. The lowest BCUT2D eigenvalue weighted by atomic mass is 10.1. The fourth-order valence-electron chi connectivity index (χ4n) is 2.10. The third kappa shape index (κ3) is 2.75. The maximum absolute atomic E-state index is 12.1. The summed E-state index contributed by atoms with van der Waals surface area (Å²) in [7, 11) is 0. The number of benzene rings is 2. The van der Waals surface area contributed by atoms with Gasteiger partial charge in [0.15, 0.2) is 0 Å². The Kier molecular flexibility index (Phi) is 4.38. The van der Waals surface area contributed by atoms with Crippen molar-refractivity contribution in [2.24, 2.45) is 4.99 Å². The van der Waals surface area contributed by atoms with E-state index in [4.69, 9.17) is 63.7 Å². The number of aliphatic imine (C=N–C) groups is 1. The van der Waals surface area contributed by atoms with Gasteiger partial charge in [0.2, 0.25) is 0 Å². The van der Waals surface area contributed by atoms with Crippen molar-refractivity contribution in [1.29, 1.82) is 0 Å². The van der Waals surface area contributed by atoms with Crippen LogP contribution in [0.4, 0.5) is 11.4 Å². The second-order valence-electron chi connectivity index (χ2n) is 4.63. The molecule has 118 valence electrons. The van der Waals surface area contributed by atoms with Gasteiger partial charge in [0.1, 0.15) is 5.84 Å². The first-order chi connectivity index (χ1) is 10.8. The number of anilines is 1. The molecule has 23 heavy (non-hydrogen) atoms. The first-order valence-corrected chi connectivity index (χ1v) is 8.01. The minimum Gasteiger partial charge on any atom is -0.398 e. The molecule has 3 N–H and O–H groups in total. The lowest BCUT2D eigenvalue weighted by Gasteiger charge is -2.08. The van der Waals surface area contributed by atoms with Gasteiger partial charge in [-0.25, -0.2) is 4.99 Å². The SMILES string of the molecule is Nc1ccc(/N=C2\NC(=O)c3c(Cl)c(Cl)c(Cl)c(Cl)c32)cc1Cl. The zero-order valence-corrected chi connectivity index (χ0v) is 14.8. The average Bonchev–Trinajstić information content (AvgIpc) is 2.83. The molecule has 0 aliphatic carbocycles. The summed E-state index contributed by atoms with van der Waals surface area (Å²) in [6.45, 7) is 0. The van der Waals surface area contributed by atoms with E-state index in [1.165, 1.54) is 0 Å². The molecule has 1 amide bonds. The summed E-state index contributed by atoms with van der Waals surface area (Å²) in [6.07, 6.45) is 0. The number of nitrogen functional groups attached to an aromatic ring is 1. The molecule has 0 saturated carbocycles. The van der Waals surface area contributed by atoms with Crippen molar-refractivity contribution in [3.8, 4) is 0 Å². The second-order valence-corrected chi connectivity index (χ2v) is 6.55. The molecule has 1 heterocycles. The van der Waals surface area contributed by atoms with Crippen molar-refractivity contribution in [2.45, 2.75) is 0 Å². The van der Waals surface area contributed by atoms with Crippen molar-refractivity contribution in [3.05, 3.63) is 54.4 Å². The lowest BCUT2D eigenvalue weighted by molar-refractivity contribution is 0.0983. The second kappa shape index (κ2) is 6.04. The van der Waals surface area contributed by atoms with Crippen LogP contribution in [0, 0.1) is 0 Å². The van der Waals surface area contributed by atoms with Crippen molar-refractivity contribution in [3.63, 3.8) is 0 Å². The predicted molar refractivity (Wildman–Crippen MR) is 96.0 cm³/mol. The van der Waals surface area contributed by atoms with Crippen molar-refractivity contribution in [1.82, 2.24) is 5.32 Å². The number of amidine groups is 1. The molecule has 0 spiro atoms. The minimum atomic E-state index is -0.467. The first kappa shape index (κ1) is 16.7. The van der Waals surface area contributed by atoms with Crippen molar-refractivity contribution < 1.29 is 4.79 Å². The maximum Gasteiger partial charge on any atom is 0.259 e. The van der Waals surface area contributed by atoms with Crippen LogP contribution >= 0.6 is 58.0 Å². The van der Waals surface area contributed by atoms with Gasteiger partial charge in [0.05, 0.1) is 47.6 Å². The Hall–Kier alpha value is -1.17. The van der Waals surface area contributed by atoms with Crippen LogP contribution in [0.1, 0.15) is 15.9 Å². The third-order valence-corrected chi connectivity index (χ3v) is 5.32. The number of hydrogen-bond donors (Lipinski definition) is 2. The van der Waals surface area contributed by atoms with Crippen LogP contribution in [-0.2, 0) is 0 Å². The number of carbonyl (C=O) groups is 1. The highest BCUT2D eigenvalue weighted by Crippen LogP contribution is 2.43. The smallest absolute Gasteiger partial charge is 0.259 e. The largest absolute Gasteiger partial charge is 0.398 e. The summed E-state index contributed by atoms with van der Waals surface area (Å²) in [5.41, 5.74) is 6.98. The minimum absolute atomic E-state index is 0.0176. The first-order valence-electron chi connectivity index (χ1n) is 6.12. The van der Waals surface area contributed by atoms with Crippen molar-refractivity contribution in [2.75, 3.05) is 5.73 Å². The predicted octanol–water partition coefficient (Wildman–Crippen LogP) is 5.36. The molecular formula is C14H6Cl5N3O. The Morgan fingerprint density at radius 3 is 2.13 bits per heavy atom. The number of halogens is 5. The summed E-state index contributed by atoms with van der Waals surface area (Å²) >= 11 is 30.3. The molecule has 4 nitrogen and oxygen atoms in total.